The van der Waals surface area contributed by atoms with Gasteiger partial charge in [0.1, 0.15) is 12.4 Å². The van der Waals surface area contributed by atoms with Crippen LogP contribution in [0.1, 0.15) is 26.2 Å². The van der Waals surface area contributed by atoms with E-state index < -0.39 is 10.0 Å². The number of unbranched alkanes of at least 4 members (excludes halogenated alkanes) is 1. The second-order valence-electron chi connectivity index (χ2n) is 7.05. The zero-order chi connectivity index (χ0) is 22.0. The van der Waals surface area contributed by atoms with Crippen LogP contribution in [-0.2, 0) is 10.0 Å². The zero-order valence-corrected chi connectivity index (χ0v) is 19.6. The lowest BCUT2D eigenvalue weighted by Gasteiger charge is -2.20. The summed E-state index contributed by atoms with van der Waals surface area (Å²) in [6, 6.07) is 12.7. The summed E-state index contributed by atoms with van der Waals surface area (Å²) in [7, 11) is -3.28. The first-order chi connectivity index (χ1) is 14.3. The molecule has 9 heteroatoms. The van der Waals surface area contributed by atoms with Gasteiger partial charge >= 0.3 is 0 Å². The molecule has 166 valence electrons. The van der Waals surface area contributed by atoms with Crippen molar-refractivity contribution in [2.45, 2.75) is 32.2 Å². The maximum atomic E-state index is 11.2. The summed E-state index contributed by atoms with van der Waals surface area (Å²) in [4.78, 5) is 0. The Morgan fingerprint density at radius 3 is 2.37 bits per heavy atom. The van der Waals surface area contributed by atoms with Gasteiger partial charge in [0.05, 0.1) is 16.3 Å². The lowest BCUT2D eigenvalue weighted by Crippen LogP contribution is -2.37. The molecule has 2 rings (SSSR count). The van der Waals surface area contributed by atoms with Gasteiger partial charge in [-0.2, -0.15) is 0 Å². The fourth-order valence-corrected chi connectivity index (χ4v) is 3.70. The highest BCUT2D eigenvalue weighted by Crippen LogP contribution is 2.25. The number of hydrogen-bond acceptors (Lipinski definition) is 5. The molecule has 0 aliphatic heterocycles. The van der Waals surface area contributed by atoms with E-state index in [4.69, 9.17) is 27.9 Å². The molecule has 0 fully saturated rings. The first-order valence-electron chi connectivity index (χ1n) is 9.90. The Labute approximate surface area is 189 Å². The SMILES string of the molecule is CCCC[C@@H](CNc1ccc(Cl)c(Cl)c1)NCCOc1ccc(NS(C)(=O)=O)cc1. The lowest BCUT2D eigenvalue weighted by molar-refractivity contribution is 0.303. The molecule has 0 spiro atoms. The largest absolute Gasteiger partial charge is 0.492 e. The second kappa shape index (κ2) is 12.2. The van der Waals surface area contributed by atoms with Crippen molar-refractivity contribution in [3.05, 3.63) is 52.5 Å². The highest BCUT2D eigenvalue weighted by atomic mass is 35.5. The highest BCUT2D eigenvalue weighted by molar-refractivity contribution is 7.92. The summed E-state index contributed by atoms with van der Waals surface area (Å²) in [5.74, 6) is 0.690. The number of halogens is 2. The predicted octanol–water partition coefficient (Wildman–Crippen LogP) is 5.00. The van der Waals surface area contributed by atoms with Gasteiger partial charge in [0.15, 0.2) is 0 Å². The minimum atomic E-state index is -3.28. The lowest BCUT2D eigenvalue weighted by atomic mass is 10.1. The molecule has 0 aromatic heterocycles. The average molecular weight is 474 g/mol. The van der Waals surface area contributed by atoms with Crippen molar-refractivity contribution in [3.63, 3.8) is 0 Å². The van der Waals surface area contributed by atoms with Gasteiger partial charge in [-0.25, -0.2) is 8.42 Å². The van der Waals surface area contributed by atoms with Crippen molar-refractivity contribution < 1.29 is 13.2 Å². The van der Waals surface area contributed by atoms with Crippen LogP contribution in [-0.4, -0.2) is 40.4 Å². The van der Waals surface area contributed by atoms with Gasteiger partial charge < -0.3 is 15.4 Å². The number of anilines is 2. The molecular formula is C21H29Cl2N3O3S. The van der Waals surface area contributed by atoms with E-state index in [2.05, 4.69) is 22.3 Å². The predicted molar refractivity (Wildman–Crippen MR) is 127 cm³/mol. The fourth-order valence-electron chi connectivity index (χ4n) is 2.84. The Bertz CT molecular complexity index is 893. The van der Waals surface area contributed by atoms with Crippen molar-refractivity contribution >= 4 is 44.6 Å². The van der Waals surface area contributed by atoms with Gasteiger partial charge in [0, 0.05) is 30.5 Å². The minimum Gasteiger partial charge on any atom is -0.492 e. The van der Waals surface area contributed by atoms with Gasteiger partial charge in [-0.1, -0.05) is 43.0 Å². The fraction of sp³-hybridized carbons (Fsp3) is 0.429. The van der Waals surface area contributed by atoms with Gasteiger partial charge in [0.2, 0.25) is 10.0 Å². The molecule has 0 amide bonds. The smallest absolute Gasteiger partial charge is 0.229 e. The molecule has 2 aromatic carbocycles. The third kappa shape index (κ3) is 9.43. The third-order valence-electron chi connectivity index (χ3n) is 4.34. The van der Waals surface area contributed by atoms with Gasteiger partial charge in [-0.3, -0.25) is 4.72 Å². The Morgan fingerprint density at radius 2 is 1.73 bits per heavy atom. The van der Waals surface area contributed by atoms with Crippen molar-refractivity contribution in [2.75, 3.05) is 36.0 Å². The molecule has 6 nitrogen and oxygen atoms in total. The third-order valence-corrected chi connectivity index (χ3v) is 5.69. The number of nitrogens with one attached hydrogen (secondary N) is 3. The minimum absolute atomic E-state index is 0.296. The highest BCUT2D eigenvalue weighted by Gasteiger charge is 2.09. The van der Waals surface area contributed by atoms with E-state index >= 15 is 0 Å². The number of ether oxygens (including phenoxy) is 1. The molecule has 0 radical (unpaired) electrons. The normalized spacial score (nSPS) is 12.4. The second-order valence-corrected chi connectivity index (χ2v) is 9.61. The number of benzene rings is 2. The van der Waals surface area contributed by atoms with E-state index in [1.54, 1.807) is 30.3 Å². The molecule has 1 atom stereocenters. The molecule has 30 heavy (non-hydrogen) atoms. The molecule has 0 bridgehead atoms. The summed E-state index contributed by atoms with van der Waals surface area (Å²) >= 11 is 12.0. The van der Waals surface area contributed by atoms with Crippen LogP contribution in [0, 0.1) is 0 Å². The standard InChI is InChI=1S/C21H29Cl2N3O3S/c1-3-4-5-18(15-25-17-8-11-20(22)21(23)14-17)24-12-13-29-19-9-6-16(7-10-19)26-30(2,27)28/h6-11,14,18,24-26H,3-5,12-13,15H2,1-2H3/t18-/m0/s1. The van der Waals surface area contributed by atoms with Crippen LogP contribution in [0.3, 0.4) is 0 Å². The van der Waals surface area contributed by atoms with Gasteiger partial charge in [0.25, 0.3) is 0 Å². The van der Waals surface area contributed by atoms with Gasteiger partial charge in [-0.15, -0.1) is 0 Å². The molecule has 2 aromatic rings. The van der Waals surface area contributed by atoms with E-state index in [0.717, 1.165) is 37.8 Å². The Kier molecular flexibility index (Phi) is 10.0. The Morgan fingerprint density at radius 1 is 1.03 bits per heavy atom. The Balaban J connectivity index is 1.77. The molecule has 0 saturated heterocycles. The monoisotopic (exact) mass is 473 g/mol. The summed E-state index contributed by atoms with van der Waals surface area (Å²) < 4.78 is 30.7. The van der Waals surface area contributed by atoms with Crippen molar-refractivity contribution in [3.8, 4) is 5.75 Å². The Hall–Kier alpha value is -1.67. The van der Waals surface area contributed by atoms with E-state index in [0.29, 0.717) is 40.7 Å². The zero-order valence-electron chi connectivity index (χ0n) is 17.3. The summed E-state index contributed by atoms with van der Waals surface area (Å²) in [5.41, 5.74) is 1.45. The summed E-state index contributed by atoms with van der Waals surface area (Å²) in [6.07, 6.45) is 4.44. The number of hydrogen-bond donors (Lipinski definition) is 3. The molecule has 0 saturated carbocycles. The van der Waals surface area contributed by atoms with Crippen LogP contribution in [0.15, 0.2) is 42.5 Å². The number of sulfonamides is 1. The van der Waals surface area contributed by atoms with Crippen LogP contribution < -0.4 is 20.1 Å². The first-order valence-corrected chi connectivity index (χ1v) is 12.5. The van der Waals surface area contributed by atoms with E-state index in [1.165, 1.54) is 0 Å². The van der Waals surface area contributed by atoms with Crippen molar-refractivity contribution in [1.29, 1.82) is 0 Å². The molecular weight excluding hydrogens is 445 g/mol. The van der Waals surface area contributed by atoms with Crippen LogP contribution in [0.25, 0.3) is 0 Å². The van der Waals surface area contributed by atoms with Crippen LogP contribution in [0.5, 0.6) is 5.75 Å². The molecule has 0 unspecified atom stereocenters. The van der Waals surface area contributed by atoms with Crippen LogP contribution in [0.2, 0.25) is 10.0 Å². The van der Waals surface area contributed by atoms with E-state index in [9.17, 15) is 8.42 Å². The molecule has 0 heterocycles. The maximum Gasteiger partial charge on any atom is 0.229 e. The van der Waals surface area contributed by atoms with Crippen molar-refractivity contribution in [1.82, 2.24) is 5.32 Å². The van der Waals surface area contributed by atoms with Crippen LogP contribution in [0.4, 0.5) is 11.4 Å². The molecule has 3 N–H and O–H groups in total. The topological polar surface area (TPSA) is 79.5 Å². The molecule has 0 aliphatic rings. The number of rotatable bonds is 13. The van der Waals surface area contributed by atoms with Crippen molar-refractivity contribution in [2.24, 2.45) is 0 Å². The van der Waals surface area contributed by atoms with E-state index in [1.807, 2.05) is 12.1 Å². The average Bonchev–Trinajstić information content (AvgIpc) is 2.69. The summed E-state index contributed by atoms with van der Waals surface area (Å²) in [5, 5.41) is 8.00. The van der Waals surface area contributed by atoms with E-state index in [-0.39, 0.29) is 0 Å². The quantitative estimate of drug-likeness (QED) is 0.356. The first kappa shape index (κ1) is 24.6. The maximum absolute atomic E-state index is 11.2. The van der Waals surface area contributed by atoms with Gasteiger partial charge in [-0.05, 0) is 48.9 Å². The van der Waals surface area contributed by atoms with Crippen LogP contribution >= 0.6 is 23.2 Å². The summed E-state index contributed by atoms with van der Waals surface area (Å²) in [6.45, 7) is 4.15. The molecule has 0 aliphatic carbocycles.